The van der Waals surface area contributed by atoms with Crippen LogP contribution >= 0.6 is 11.6 Å². The molecule has 1 saturated carbocycles. The van der Waals surface area contributed by atoms with E-state index < -0.39 is 21.9 Å². The molecule has 6 atom stereocenters. The van der Waals surface area contributed by atoms with E-state index in [1.165, 1.54) is 11.1 Å². The lowest BCUT2D eigenvalue weighted by molar-refractivity contribution is 0.0131. The third kappa shape index (κ3) is 7.70. The fourth-order valence-electron chi connectivity index (χ4n) is 8.78. The minimum atomic E-state index is -3.52. The molecule has 3 heterocycles. The number of fused-ring (bicyclic) bond motifs is 4. The van der Waals surface area contributed by atoms with Crippen LogP contribution in [0.15, 0.2) is 52.9 Å². The van der Waals surface area contributed by atoms with E-state index in [9.17, 15) is 13.8 Å². The number of hydrogen-bond donors (Lipinski definition) is 1. The number of nitriles is 1. The molecular formula is C39H49ClN6O5S. The van der Waals surface area contributed by atoms with E-state index in [0.29, 0.717) is 75.4 Å². The Morgan fingerprint density at radius 3 is 2.77 bits per heavy atom. The first-order valence-corrected chi connectivity index (χ1v) is 20.6. The Kier molecular flexibility index (Phi) is 10.9. The Bertz CT molecular complexity index is 1880. The molecule has 13 heteroatoms. The van der Waals surface area contributed by atoms with Crippen LogP contribution in [0.25, 0.3) is 0 Å². The molecule has 5 aliphatic rings. The van der Waals surface area contributed by atoms with Crippen LogP contribution in [-0.2, 0) is 26.5 Å². The Morgan fingerprint density at radius 1 is 1.19 bits per heavy atom. The standard InChI is InChI=1S/C39H49ClN6O5S/c1-27-5-3-7-35(50-2)32-11-8-30(32)23-46-25-39(14-4-6-28-21-31(40)10-12-33(28)39)26-51-36-13-9-29(22-34(36)46)37(47)42-52(49,24-27)43-38(48)45-19-17-44(16-15-41)18-20-45/h3,7,9-10,12-13,21-22,27,30,32,35H,4-6,8,11,14,16-20,23-26H2,1-2H3,(H,42,43,47,48,49)/b7-3-/t27-,30-,32+,35-,39-,52?/m0/s1. The number of methoxy groups -OCH3 is 1. The van der Waals surface area contributed by atoms with Crippen LogP contribution in [0.3, 0.4) is 0 Å². The van der Waals surface area contributed by atoms with Gasteiger partial charge >= 0.3 is 6.03 Å². The summed E-state index contributed by atoms with van der Waals surface area (Å²) in [6.07, 6.45) is 9.86. The maximum Gasteiger partial charge on any atom is 0.329 e. The van der Waals surface area contributed by atoms with Gasteiger partial charge in [-0.05, 0) is 97.7 Å². The summed E-state index contributed by atoms with van der Waals surface area (Å²) in [4.78, 5) is 33.5. The summed E-state index contributed by atoms with van der Waals surface area (Å²) in [5.74, 6) is 0.653. The molecular weight excluding hydrogens is 700 g/mol. The van der Waals surface area contributed by atoms with Crippen molar-refractivity contribution in [3.63, 3.8) is 0 Å². The summed E-state index contributed by atoms with van der Waals surface area (Å²) in [6.45, 7) is 6.09. The monoisotopic (exact) mass is 748 g/mol. The molecule has 7 rings (SSSR count). The fourth-order valence-corrected chi connectivity index (χ4v) is 10.9. The van der Waals surface area contributed by atoms with Crippen LogP contribution in [0.1, 0.15) is 60.5 Å². The predicted octanol–water partition coefficient (Wildman–Crippen LogP) is 5.82. The third-order valence-corrected chi connectivity index (χ3v) is 13.9. The molecule has 0 aromatic heterocycles. The third-order valence-electron chi connectivity index (χ3n) is 11.7. The molecule has 2 bridgehead atoms. The SMILES string of the molecule is CO[C@H]1/C=C\C[C@H](C)CS(=O)(NC(=O)N2CCN(CC#N)CC2)=NC(=O)c2ccc3c(c2)N(C[C@@H]2CC[C@H]21)C[C@@]1(CCCc2cc(Cl)ccc21)CO3. The van der Waals surface area contributed by atoms with Crippen LogP contribution in [-0.4, -0.2) is 97.3 Å². The molecule has 1 saturated heterocycles. The highest BCUT2D eigenvalue weighted by molar-refractivity contribution is 7.92. The number of rotatable bonds is 3. The van der Waals surface area contributed by atoms with Gasteiger partial charge in [0.2, 0.25) is 0 Å². The second-order valence-corrected chi connectivity index (χ2v) is 17.7. The molecule has 2 aromatic carbocycles. The van der Waals surface area contributed by atoms with Gasteiger partial charge in [0.05, 0.1) is 36.8 Å². The number of carbonyl (C=O) groups excluding carboxylic acids is 2. The highest BCUT2D eigenvalue weighted by Crippen LogP contribution is 2.47. The van der Waals surface area contributed by atoms with Crippen LogP contribution in [0.4, 0.5) is 10.5 Å². The van der Waals surface area contributed by atoms with Gasteiger partial charge in [0, 0.05) is 62.4 Å². The first-order valence-electron chi connectivity index (χ1n) is 18.5. The van der Waals surface area contributed by atoms with Crippen molar-refractivity contribution in [2.24, 2.45) is 22.1 Å². The molecule has 1 unspecified atom stereocenters. The number of urea groups is 1. The minimum absolute atomic E-state index is 0.0129. The molecule has 11 nitrogen and oxygen atoms in total. The highest BCUT2D eigenvalue weighted by Gasteiger charge is 2.44. The summed E-state index contributed by atoms with van der Waals surface area (Å²) >= 11 is 6.46. The van der Waals surface area contributed by atoms with Crippen LogP contribution in [0.5, 0.6) is 5.75 Å². The van der Waals surface area contributed by atoms with Gasteiger partial charge in [-0.25, -0.2) is 9.00 Å². The first-order chi connectivity index (χ1) is 25.1. The molecule has 0 radical (unpaired) electrons. The van der Waals surface area contributed by atoms with Crippen molar-refractivity contribution in [2.45, 2.75) is 57.0 Å². The largest absolute Gasteiger partial charge is 0.490 e. The molecule has 2 aromatic rings. The number of nitrogens with one attached hydrogen (secondary N) is 1. The smallest absolute Gasteiger partial charge is 0.329 e. The van der Waals surface area contributed by atoms with Crippen molar-refractivity contribution >= 4 is 39.1 Å². The molecule has 3 aliphatic heterocycles. The number of nitrogens with zero attached hydrogens (tertiary/aromatic N) is 5. The van der Waals surface area contributed by atoms with Gasteiger partial charge in [-0.15, -0.1) is 4.36 Å². The number of benzene rings is 2. The van der Waals surface area contributed by atoms with Crippen molar-refractivity contribution in [1.82, 2.24) is 14.5 Å². The lowest BCUT2D eigenvalue weighted by atomic mass is 9.68. The number of hydrogen-bond acceptors (Lipinski definition) is 8. The van der Waals surface area contributed by atoms with Gasteiger partial charge in [0.15, 0.2) is 0 Å². The maximum absolute atomic E-state index is 14.6. The molecule has 1 spiro atoms. The second-order valence-electron chi connectivity index (χ2n) is 15.3. The number of allylic oxidation sites excluding steroid dienone is 1. The minimum Gasteiger partial charge on any atom is -0.490 e. The number of halogens is 1. The van der Waals surface area contributed by atoms with Gasteiger partial charge < -0.3 is 19.3 Å². The summed E-state index contributed by atoms with van der Waals surface area (Å²) in [5.41, 5.74) is 3.39. The van der Waals surface area contributed by atoms with E-state index in [4.69, 9.17) is 26.3 Å². The summed E-state index contributed by atoms with van der Waals surface area (Å²) < 4.78 is 34.3. The Hall–Kier alpha value is -3.63. The number of anilines is 1. The Morgan fingerprint density at radius 2 is 2.02 bits per heavy atom. The zero-order chi connectivity index (χ0) is 36.5. The number of carbonyl (C=O) groups is 2. The van der Waals surface area contributed by atoms with E-state index in [0.717, 1.165) is 49.4 Å². The number of amides is 3. The number of ether oxygens (including phenoxy) is 2. The van der Waals surface area contributed by atoms with Gasteiger partial charge in [-0.1, -0.05) is 36.7 Å². The van der Waals surface area contributed by atoms with E-state index in [-0.39, 0.29) is 23.2 Å². The first kappa shape index (κ1) is 36.7. The highest BCUT2D eigenvalue weighted by atomic mass is 35.5. The quantitative estimate of drug-likeness (QED) is 0.307. The summed E-state index contributed by atoms with van der Waals surface area (Å²) in [7, 11) is -1.75. The fraction of sp³-hybridized carbons (Fsp3) is 0.564. The molecule has 2 fully saturated rings. The topological polar surface area (TPSA) is 128 Å². The molecule has 3 amide bonds. The van der Waals surface area contributed by atoms with E-state index in [1.54, 1.807) is 18.1 Å². The number of piperazine rings is 1. The van der Waals surface area contributed by atoms with E-state index >= 15 is 0 Å². The number of aryl methyl sites for hydroxylation is 1. The summed E-state index contributed by atoms with van der Waals surface area (Å²) in [5, 5.41) is 9.80. The van der Waals surface area contributed by atoms with Crippen LogP contribution < -0.4 is 14.4 Å². The van der Waals surface area contributed by atoms with Crippen LogP contribution in [0.2, 0.25) is 5.02 Å². The molecule has 1 N–H and O–H groups in total. The summed E-state index contributed by atoms with van der Waals surface area (Å²) in [6, 6.07) is 13.2. The zero-order valence-corrected chi connectivity index (χ0v) is 31.7. The second kappa shape index (κ2) is 15.4. The lowest BCUT2D eigenvalue weighted by Crippen LogP contribution is -2.53. The molecule has 2 aliphatic carbocycles. The van der Waals surface area contributed by atoms with Crippen molar-refractivity contribution in [1.29, 1.82) is 5.26 Å². The van der Waals surface area contributed by atoms with Crippen LogP contribution in [0, 0.1) is 29.1 Å². The van der Waals surface area contributed by atoms with Gasteiger partial charge in [-0.3, -0.25) is 14.4 Å². The van der Waals surface area contributed by atoms with E-state index in [1.807, 2.05) is 30.0 Å². The average Bonchev–Trinajstić information content (AvgIpc) is 3.26. The van der Waals surface area contributed by atoms with Gasteiger partial charge in [-0.2, -0.15) is 5.26 Å². The van der Waals surface area contributed by atoms with E-state index in [2.05, 4.69) is 44.3 Å². The maximum atomic E-state index is 14.6. The lowest BCUT2D eigenvalue weighted by Gasteiger charge is -2.46. The predicted molar refractivity (Wildman–Crippen MR) is 202 cm³/mol. The molecule has 278 valence electrons. The Labute approximate surface area is 312 Å². The van der Waals surface area contributed by atoms with Crippen molar-refractivity contribution in [3.8, 4) is 11.8 Å². The van der Waals surface area contributed by atoms with Gasteiger partial charge in [0.1, 0.15) is 15.7 Å². The van der Waals surface area contributed by atoms with Crippen molar-refractivity contribution in [3.05, 3.63) is 70.3 Å². The van der Waals surface area contributed by atoms with Crippen molar-refractivity contribution < 1.29 is 23.3 Å². The Balaban J connectivity index is 1.25. The molecule has 52 heavy (non-hydrogen) atoms. The van der Waals surface area contributed by atoms with Gasteiger partial charge in [0.25, 0.3) is 5.91 Å². The zero-order valence-electron chi connectivity index (χ0n) is 30.1. The normalized spacial score (nSPS) is 31.5. The van der Waals surface area contributed by atoms with Crippen molar-refractivity contribution in [2.75, 3.05) is 70.2 Å². The average molecular weight is 749 g/mol.